The highest BCUT2D eigenvalue weighted by molar-refractivity contribution is 7.89. The van der Waals surface area contributed by atoms with Gasteiger partial charge >= 0.3 is 0 Å². The van der Waals surface area contributed by atoms with Gasteiger partial charge in [0, 0.05) is 23.5 Å². The number of carbonyl (C=O) groups is 1. The van der Waals surface area contributed by atoms with Gasteiger partial charge in [0.15, 0.2) is 5.13 Å². The summed E-state index contributed by atoms with van der Waals surface area (Å²) >= 11 is 1.53. The van der Waals surface area contributed by atoms with Gasteiger partial charge in [-0.15, -0.1) is 11.3 Å². The first-order valence-electron chi connectivity index (χ1n) is 9.44. The quantitative estimate of drug-likeness (QED) is 0.845. The fraction of sp³-hybridized carbons (Fsp3) is 0.474. The van der Waals surface area contributed by atoms with E-state index in [2.05, 4.69) is 10.3 Å². The lowest BCUT2D eigenvalue weighted by atomic mass is 10.2. The number of amides is 1. The van der Waals surface area contributed by atoms with E-state index in [1.165, 1.54) is 28.3 Å². The van der Waals surface area contributed by atoms with E-state index in [9.17, 15) is 13.2 Å². The van der Waals surface area contributed by atoms with Gasteiger partial charge in [-0.2, -0.15) is 4.31 Å². The van der Waals surface area contributed by atoms with Crippen LogP contribution in [-0.4, -0.2) is 36.7 Å². The van der Waals surface area contributed by atoms with Crippen LogP contribution in [0.15, 0.2) is 29.2 Å². The molecule has 6 nitrogen and oxygen atoms in total. The van der Waals surface area contributed by atoms with Crippen LogP contribution in [-0.2, 0) is 22.9 Å². The monoisotopic (exact) mass is 405 g/mol. The van der Waals surface area contributed by atoms with Crippen molar-refractivity contribution < 1.29 is 13.2 Å². The SMILES string of the molecule is O=C(Nc1nc2c(s1)CCC2)c1ccc(S(=O)(=O)N2CCCCCC2)cc1. The third-order valence-electron chi connectivity index (χ3n) is 5.14. The van der Waals surface area contributed by atoms with Crippen molar-refractivity contribution in [2.75, 3.05) is 18.4 Å². The lowest BCUT2D eigenvalue weighted by Crippen LogP contribution is -2.31. The van der Waals surface area contributed by atoms with Gasteiger partial charge in [0.25, 0.3) is 5.91 Å². The van der Waals surface area contributed by atoms with E-state index < -0.39 is 10.0 Å². The number of thiazole rings is 1. The predicted molar refractivity (Wildman–Crippen MR) is 106 cm³/mol. The molecule has 1 saturated heterocycles. The first-order chi connectivity index (χ1) is 13.0. The van der Waals surface area contributed by atoms with Crippen LogP contribution in [0.3, 0.4) is 0 Å². The minimum absolute atomic E-state index is 0.245. The number of fused-ring (bicyclic) bond motifs is 1. The lowest BCUT2D eigenvalue weighted by Gasteiger charge is -2.20. The van der Waals surface area contributed by atoms with E-state index in [0.717, 1.165) is 50.6 Å². The molecule has 144 valence electrons. The second-order valence-corrected chi connectivity index (χ2v) is 10.1. The molecule has 1 aliphatic heterocycles. The zero-order chi connectivity index (χ0) is 18.9. The predicted octanol–water partition coefficient (Wildman–Crippen LogP) is 3.45. The summed E-state index contributed by atoms with van der Waals surface area (Å²) in [7, 11) is -3.49. The molecule has 0 atom stereocenters. The van der Waals surface area contributed by atoms with E-state index in [1.54, 1.807) is 16.4 Å². The minimum Gasteiger partial charge on any atom is -0.298 e. The molecule has 27 heavy (non-hydrogen) atoms. The summed E-state index contributed by atoms with van der Waals surface area (Å²) in [6.45, 7) is 1.14. The Labute approximate surface area is 163 Å². The van der Waals surface area contributed by atoms with Crippen molar-refractivity contribution in [3.63, 3.8) is 0 Å². The molecule has 1 amide bonds. The van der Waals surface area contributed by atoms with Crippen molar-refractivity contribution in [1.29, 1.82) is 0 Å². The van der Waals surface area contributed by atoms with Crippen LogP contribution in [0.5, 0.6) is 0 Å². The molecule has 1 aromatic carbocycles. The molecule has 0 spiro atoms. The molecular weight excluding hydrogens is 382 g/mol. The van der Waals surface area contributed by atoms with Crippen LogP contribution < -0.4 is 5.32 Å². The van der Waals surface area contributed by atoms with E-state index in [-0.39, 0.29) is 10.8 Å². The number of anilines is 1. The number of nitrogens with one attached hydrogen (secondary N) is 1. The molecule has 0 bridgehead atoms. The van der Waals surface area contributed by atoms with Gasteiger partial charge in [-0.1, -0.05) is 12.8 Å². The maximum absolute atomic E-state index is 12.8. The number of nitrogens with zero attached hydrogens (tertiary/aromatic N) is 2. The Morgan fingerprint density at radius 1 is 1.00 bits per heavy atom. The molecule has 2 aliphatic rings. The number of sulfonamides is 1. The highest BCUT2D eigenvalue weighted by Crippen LogP contribution is 2.30. The number of aryl methyl sites for hydroxylation is 2. The Morgan fingerprint density at radius 2 is 1.70 bits per heavy atom. The first-order valence-corrected chi connectivity index (χ1v) is 11.7. The van der Waals surface area contributed by atoms with E-state index in [4.69, 9.17) is 0 Å². The molecule has 1 aromatic heterocycles. The Morgan fingerprint density at radius 3 is 2.37 bits per heavy atom. The summed E-state index contributed by atoms with van der Waals surface area (Å²) in [4.78, 5) is 18.4. The average Bonchev–Trinajstić information content (AvgIpc) is 3.12. The fourth-order valence-corrected chi connectivity index (χ4v) is 6.18. The molecule has 0 radical (unpaired) electrons. The summed E-state index contributed by atoms with van der Waals surface area (Å²) in [6, 6.07) is 6.19. The van der Waals surface area contributed by atoms with Gasteiger partial charge in [-0.25, -0.2) is 13.4 Å². The largest absolute Gasteiger partial charge is 0.298 e. The number of aromatic nitrogens is 1. The Hall–Kier alpha value is -1.77. The van der Waals surface area contributed by atoms with Gasteiger partial charge in [0.05, 0.1) is 10.6 Å². The highest BCUT2D eigenvalue weighted by Gasteiger charge is 2.25. The normalized spacial score (nSPS) is 18.1. The Kier molecular flexibility index (Phi) is 5.29. The zero-order valence-corrected chi connectivity index (χ0v) is 16.7. The van der Waals surface area contributed by atoms with E-state index in [1.807, 2.05) is 0 Å². The molecule has 1 N–H and O–H groups in total. The van der Waals surface area contributed by atoms with Gasteiger partial charge in [0.2, 0.25) is 10.0 Å². The summed E-state index contributed by atoms with van der Waals surface area (Å²) in [6.07, 6.45) is 7.09. The van der Waals surface area contributed by atoms with Gasteiger partial charge in [0.1, 0.15) is 0 Å². The molecule has 4 rings (SSSR count). The van der Waals surface area contributed by atoms with Gasteiger partial charge < -0.3 is 0 Å². The lowest BCUT2D eigenvalue weighted by molar-refractivity contribution is 0.102. The summed E-state index contributed by atoms with van der Waals surface area (Å²) < 4.78 is 27.2. The Bertz CT molecular complexity index is 906. The number of hydrogen-bond acceptors (Lipinski definition) is 5. The second kappa shape index (κ2) is 7.69. The van der Waals surface area contributed by atoms with E-state index in [0.29, 0.717) is 23.8 Å². The van der Waals surface area contributed by atoms with Crippen LogP contribution in [0.1, 0.15) is 53.0 Å². The van der Waals surface area contributed by atoms with Crippen LogP contribution in [0, 0.1) is 0 Å². The molecule has 2 heterocycles. The van der Waals surface area contributed by atoms with Crippen LogP contribution in [0.4, 0.5) is 5.13 Å². The number of carbonyl (C=O) groups excluding carboxylic acids is 1. The standard InChI is InChI=1S/C19H23N3O3S2/c23-18(21-19-20-16-6-5-7-17(16)26-19)14-8-10-15(11-9-14)27(24,25)22-12-3-1-2-4-13-22/h8-11H,1-7,12-13H2,(H,20,21,23). The number of benzene rings is 1. The number of rotatable bonds is 4. The summed E-state index contributed by atoms with van der Waals surface area (Å²) in [5, 5.41) is 3.44. The van der Waals surface area contributed by atoms with Crippen LogP contribution >= 0.6 is 11.3 Å². The molecule has 2 aromatic rings. The van der Waals surface area contributed by atoms with Crippen molar-refractivity contribution in [3.8, 4) is 0 Å². The van der Waals surface area contributed by atoms with Crippen LogP contribution in [0.2, 0.25) is 0 Å². The third-order valence-corrected chi connectivity index (χ3v) is 8.12. The molecule has 8 heteroatoms. The van der Waals surface area contributed by atoms with E-state index >= 15 is 0 Å². The maximum Gasteiger partial charge on any atom is 0.257 e. The molecule has 1 fully saturated rings. The summed E-state index contributed by atoms with van der Waals surface area (Å²) in [5.41, 5.74) is 1.52. The Balaban J connectivity index is 1.46. The summed E-state index contributed by atoms with van der Waals surface area (Å²) in [5.74, 6) is -0.263. The minimum atomic E-state index is -3.49. The molecule has 0 unspecified atom stereocenters. The fourth-order valence-electron chi connectivity index (χ4n) is 3.62. The van der Waals surface area contributed by atoms with Crippen molar-refractivity contribution in [3.05, 3.63) is 40.4 Å². The third kappa shape index (κ3) is 3.93. The second-order valence-electron chi connectivity index (χ2n) is 7.04. The molecular formula is C19H23N3O3S2. The first kappa shape index (κ1) is 18.6. The molecule has 1 aliphatic carbocycles. The van der Waals surface area contributed by atoms with Gasteiger partial charge in [-0.3, -0.25) is 10.1 Å². The highest BCUT2D eigenvalue weighted by atomic mass is 32.2. The van der Waals surface area contributed by atoms with Crippen molar-refractivity contribution in [2.45, 2.75) is 49.8 Å². The average molecular weight is 406 g/mol. The smallest absolute Gasteiger partial charge is 0.257 e. The van der Waals surface area contributed by atoms with Crippen molar-refractivity contribution >= 4 is 32.4 Å². The zero-order valence-electron chi connectivity index (χ0n) is 15.1. The van der Waals surface area contributed by atoms with Crippen LogP contribution in [0.25, 0.3) is 0 Å². The topological polar surface area (TPSA) is 79.4 Å². The van der Waals surface area contributed by atoms with Gasteiger partial charge in [-0.05, 0) is 56.4 Å². The number of hydrogen-bond donors (Lipinski definition) is 1. The van der Waals surface area contributed by atoms with Crippen molar-refractivity contribution in [2.24, 2.45) is 0 Å². The van der Waals surface area contributed by atoms with Crippen molar-refractivity contribution in [1.82, 2.24) is 9.29 Å². The maximum atomic E-state index is 12.8. The molecule has 0 saturated carbocycles.